The molecule has 0 fully saturated rings. The van der Waals surface area contributed by atoms with Gasteiger partial charge in [-0.05, 0) is 62.7 Å². The van der Waals surface area contributed by atoms with Gasteiger partial charge < -0.3 is 9.47 Å². The highest BCUT2D eigenvalue weighted by molar-refractivity contribution is 6.25. The van der Waals surface area contributed by atoms with Crippen molar-refractivity contribution in [3.63, 3.8) is 0 Å². The van der Waals surface area contributed by atoms with E-state index in [1.54, 1.807) is 7.11 Å². The van der Waals surface area contributed by atoms with Crippen molar-refractivity contribution in [3.8, 4) is 11.5 Å². The van der Waals surface area contributed by atoms with Crippen LogP contribution in [0.5, 0.6) is 11.5 Å². The molecule has 1 heterocycles. The molecule has 0 aliphatic carbocycles. The Morgan fingerprint density at radius 2 is 1.08 bits per heavy atom. The molecule has 7 rings (SSSR count). The van der Waals surface area contributed by atoms with Crippen LogP contribution >= 0.6 is 0 Å². The molecule has 0 saturated carbocycles. The van der Waals surface area contributed by atoms with Crippen molar-refractivity contribution in [1.82, 2.24) is 0 Å². The van der Waals surface area contributed by atoms with Gasteiger partial charge in [0.05, 0.1) is 7.11 Å². The average Bonchev–Trinajstić information content (AvgIpc) is 2.96. The fraction of sp³-hybridized carbons (Fsp3) is 0.0588. The van der Waals surface area contributed by atoms with E-state index in [0.29, 0.717) is 0 Å². The number of ether oxygens (including phenoxy) is 2. The maximum Gasteiger partial charge on any atom is 0.178 e. The summed E-state index contributed by atoms with van der Waals surface area (Å²) < 4.78 is 12.4. The van der Waals surface area contributed by atoms with Crippen molar-refractivity contribution in [2.45, 2.75) is 5.60 Å². The monoisotopic (exact) mass is 464 g/mol. The number of fused-ring (bicyclic) bond motifs is 7. The molecule has 0 spiro atoms. The van der Waals surface area contributed by atoms with Gasteiger partial charge in [-0.2, -0.15) is 0 Å². The van der Waals surface area contributed by atoms with E-state index in [1.165, 1.54) is 32.3 Å². The predicted molar refractivity (Wildman–Crippen MR) is 149 cm³/mol. The van der Waals surface area contributed by atoms with Gasteiger partial charge >= 0.3 is 0 Å². The predicted octanol–water partition coefficient (Wildman–Crippen LogP) is 8.50. The SMILES string of the molecule is COc1ccc(C2(c3ccccc3)C=Cc3cc4c5ccccc5c5ccccc5c4cc3O2)cc1. The normalized spacial score (nSPS) is 16.7. The lowest BCUT2D eigenvalue weighted by Crippen LogP contribution is -2.34. The van der Waals surface area contributed by atoms with Crippen LogP contribution in [0.2, 0.25) is 0 Å². The third-order valence-corrected chi connectivity index (χ3v) is 7.36. The van der Waals surface area contributed by atoms with E-state index >= 15 is 0 Å². The molecular formula is C34H24O2. The second kappa shape index (κ2) is 8.00. The first-order valence-electron chi connectivity index (χ1n) is 12.2. The van der Waals surface area contributed by atoms with Gasteiger partial charge in [0.25, 0.3) is 0 Å². The molecule has 2 heteroatoms. The fourth-order valence-corrected chi connectivity index (χ4v) is 5.58. The van der Waals surface area contributed by atoms with Crippen molar-refractivity contribution >= 4 is 38.4 Å². The molecule has 0 radical (unpaired) electrons. The molecule has 0 bridgehead atoms. The molecule has 1 aliphatic rings. The summed E-state index contributed by atoms with van der Waals surface area (Å²) in [4.78, 5) is 0. The zero-order valence-corrected chi connectivity index (χ0v) is 19.9. The second-order valence-corrected chi connectivity index (χ2v) is 9.29. The second-order valence-electron chi connectivity index (χ2n) is 9.29. The third-order valence-electron chi connectivity index (χ3n) is 7.36. The summed E-state index contributed by atoms with van der Waals surface area (Å²) in [6.45, 7) is 0. The first kappa shape index (κ1) is 20.8. The van der Waals surface area contributed by atoms with E-state index in [4.69, 9.17) is 9.47 Å². The summed E-state index contributed by atoms with van der Waals surface area (Å²) in [5.74, 6) is 1.71. The zero-order chi connectivity index (χ0) is 24.1. The maximum absolute atomic E-state index is 7.01. The number of hydrogen-bond donors (Lipinski definition) is 0. The van der Waals surface area contributed by atoms with Crippen molar-refractivity contribution in [3.05, 3.63) is 138 Å². The van der Waals surface area contributed by atoms with Crippen LogP contribution in [-0.4, -0.2) is 7.11 Å². The molecule has 1 atom stereocenters. The van der Waals surface area contributed by atoms with E-state index in [1.807, 2.05) is 18.2 Å². The minimum atomic E-state index is -0.735. The molecular weight excluding hydrogens is 440 g/mol. The first-order chi connectivity index (χ1) is 17.8. The lowest BCUT2D eigenvalue weighted by molar-refractivity contribution is 0.161. The zero-order valence-electron chi connectivity index (χ0n) is 19.9. The van der Waals surface area contributed by atoms with Crippen LogP contribution in [0.15, 0.2) is 121 Å². The summed E-state index contributed by atoms with van der Waals surface area (Å²) >= 11 is 0. The molecule has 6 aromatic rings. The molecule has 2 nitrogen and oxygen atoms in total. The van der Waals surface area contributed by atoms with Gasteiger partial charge in [-0.15, -0.1) is 0 Å². The van der Waals surface area contributed by atoms with Crippen LogP contribution in [0.4, 0.5) is 0 Å². The van der Waals surface area contributed by atoms with Gasteiger partial charge in [0, 0.05) is 16.7 Å². The van der Waals surface area contributed by atoms with Gasteiger partial charge in [0.1, 0.15) is 11.5 Å². The highest BCUT2D eigenvalue weighted by atomic mass is 16.5. The van der Waals surface area contributed by atoms with Crippen LogP contribution in [0, 0.1) is 0 Å². The van der Waals surface area contributed by atoms with E-state index < -0.39 is 5.60 Å². The number of methoxy groups -OCH3 is 1. The highest BCUT2D eigenvalue weighted by Crippen LogP contribution is 2.45. The minimum Gasteiger partial charge on any atom is -0.497 e. The molecule has 0 N–H and O–H groups in total. The van der Waals surface area contributed by atoms with E-state index in [2.05, 4.69) is 109 Å². The van der Waals surface area contributed by atoms with Crippen molar-refractivity contribution in [2.24, 2.45) is 0 Å². The van der Waals surface area contributed by atoms with Crippen LogP contribution < -0.4 is 9.47 Å². The lowest BCUT2D eigenvalue weighted by Gasteiger charge is -2.36. The third kappa shape index (κ3) is 3.04. The Hall–Kier alpha value is -4.56. The molecule has 36 heavy (non-hydrogen) atoms. The number of rotatable bonds is 3. The van der Waals surface area contributed by atoms with Crippen molar-refractivity contribution in [1.29, 1.82) is 0 Å². The molecule has 1 aliphatic heterocycles. The molecule has 0 amide bonds. The average molecular weight is 465 g/mol. The van der Waals surface area contributed by atoms with Crippen LogP contribution in [0.25, 0.3) is 38.4 Å². The Morgan fingerprint density at radius 1 is 0.556 bits per heavy atom. The van der Waals surface area contributed by atoms with Crippen molar-refractivity contribution in [2.75, 3.05) is 7.11 Å². The van der Waals surface area contributed by atoms with E-state index in [0.717, 1.165) is 28.2 Å². The maximum atomic E-state index is 7.01. The van der Waals surface area contributed by atoms with Gasteiger partial charge in [0.15, 0.2) is 5.60 Å². The lowest BCUT2D eigenvalue weighted by atomic mass is 9.83. The number of benzene rings is 6. The van der Waals surface area contributed by atoms with Gasteiger partial charge in [0.2, 0.25) is 0 Å². The number of hydrogen-bond acceptors (Lipinski definition) is 2. The summed E-state index contributed by atoms with van der Waals surface area (Å²) in [7, 11) is 1.69. The summed E-state index contributed by atoms with van der Waals surface area (Å²) in [6.07, 6.45) is 4.39. The fourth-order valence-electron chi connectivity index (χ4n) is 5.58. The largest absolute Gasteiger partial charge is 0.497 e. The molecule has 0 aromatic heterocycles. The van der Waals surface area contributed by atoms with Gasteiger partial charge in [-0.3, -0.25) is 0 Å². The Kier molecular flexibility index (Phi) is 4.62. The van der Waals surface area contributed by atoms with Crippen LogP contribution in [-0.2, 0) is 5.60 Å². The van der Waals surface area contributed by atoms with E-state index in [-0.39, 0.29) is 0 Å². The van der Waals surface area contributed by atoms with E-state index in [9.17, 15) is 0 Å². The molecule has 0 saturated heterocycles. The summed E-state index contributed by atoms with van der Waals surface area (Å²) in [5.41, 5.74) is 2.49. The van der Waals surface area contributed by atoms with Crippen molar-refractivity contribution < 1.29 is 9.47 Å². The van der Waals surface area contributed by atoms with Crippen LogP contribution in [0.3, 0.4) is 0 Å². The minimum absolute atomic E-state index is 0.735. The molecule has 172 valence electrons. The Balaban J connectivity index is 1.50. The summed E-state index contributed by atoms with van der Waals surface area (Å²) in [5, 5.41) is 7.48. The topological polar surface area (TPSA) is 18.5 Å². The summed E-state index contributed by atoms with van der Waals surface area (Å²) in [6, 6.07) is 40.4. The quantitative estimate of drug-likeness (QED) is 0.244. The van der Waals surface area contributed by atoms with Gasteiger partial charge in [-0.1, -0.05) is 97.1 Å². The molecule has 1 unspecified atom stereocenters. The first-order valence-corrected chi connectivity index (χ1v) is 12.2. The molecule has 6 aromatic carbocycles. The smallest absolute Gasteiger partial charge is 0.178 e. The Morgan fingerprint density at radius 3 is 1.69 bits per heavy atom. The standard InChI is InChI=1S/C34H24O2/c1-35-26-17-15-25(16-18-26)34(24-9-3-2-4-10-24)20-19-23-21-31-29-13-7-5-11-27(29)28-12-6-8-14-30(28)32(31)22-33(23)36-34/h2-22H,1H3. The Bertz CT molecular complexity index is 1780. The van der Waals surface area contributed by atoms with Crippen LogP contribution in [0.1, 0.15) is 16.7 Å². The highest BCUT2D eigenvalue weighted by Gasteiger charge is 2.37. The Labute approximate surface area is 210 Å². The van der Waals surface area contributed by atoms with Gasteiger partial charge in [-0.25, -0.2) is 0 Å².